The Balaban J connectivity index is 0.877. The van der Waals surface area contributed by atoms with Crippen LogP contribution >= 0.6 is 22.7 Å². The summed E-state index contributed by atoms with van der Waals surface area (Å²) in [6, 6.07) is 4.48. The molecule has 32 heteroatoms. The number of rotatable bonds is 35. The lowest BCUT2D eigenvalue weighted by atomic mass is 9.53. The standard InChI is InChI=1S/C64H90N16O14S2/c65-62(66)69-18-4-13-43(72-51(83)16-17-52(84)78-64-30-37-23-38(31-64)25-39(24-37)32-64)59(91)79-20-6-15-49(79)60(92)80-34-40(82)27-50(80)58(90)71-33-53(85)73-46(28-41-11-7-21-95-41)55(87)77-48(35-81)57(89)75-45(26-36-9-2-1-3-10-36)54(86)76-47(29-42-12-8-22-96-42)56(88)74-44(61(93)94)14-5-19-70-63(67)68/h1-3,7-12,21-22,37-40,43-50,81-82H,4-6,13-20,23-35H2,(H,71,90)(H,72,83)(H,73,85)(H,74,88)(H,75,89)(H,76,86)(H,77,87)(H,78,84)(H,93,94)(H4,65,66,69)(H4,67,68,70)/t37?,38?,39?,40?,43-,44-,45+,46-,47-,48-,49-,50-,64?/m0/s1. The van der Waals surface area contributed by atoms with Gasteiger partial charge in [-0.1, -0.05) is 42.5 Å². The molecule has 9 atom stereocenters. The summed E-state index contributed by atoms with van der Waals surface area (Å²) in [6.07, 6.45) is 5.58. The third-order valence-electron chi connectivity index (χ3n) is 18.3. The maximum absolute atomic E-state index is 14.5. The van der Waals surface area contributed by atoms with Gasteiger partial charge in [-0.25, -0.2) is 4.79 Å². The first-order valence-electron chi connectivity index (χ1n) is 32.7. The molecular weight excluding hydrogens is 1280 g/mol. The van der Waals surface area contributed by atoms with Crippen LogP contribution in [0.2, 0.25) is 0 Å². The van der Waals surface area contributed by atoms with E-state index in [2.05, 4.69) is 52.5 Å². The number of β-amino-alcohol motifs (C(OH)–C–C–N with tert-alkyl or cyclic N) is 1. The number of hydrogen-bond donors (Lipinski definition) is 15. The number of carbonyl (C=O) groups excluding carboxylic acids is 10. The summed E-state index contributed by atoms with van der Waals surface area (Å²) >= 11 is 2.54. The van der Waals surface area contributed by atoms with Gasteiger partial charge in [-0.05, 0) is 123 Å². The molecule has 4 saturated carbocycles. The Morgan fingerprint density at radius 1 is 0.583 bits per heavy atom. The first-order valence-corrected chi connectivity index (χ1v) is 34.4. The molecule has 1 aromatic carbocycles. The average Bonchev–Trinajstić information content (AvgIpc) is 0.962. The number of aliphatic imine (C=N–C) groups is 2. The molecule has 96 heavy (non-hydrogen) atoms. The van der Waals surface area contributed by atoms with E-state index < -0.39 is 127 Å². The van der Waals surface area contributed by atoms with Crippen molar-refractivity contribution in [3.05, 3.63) is 80.7 Å². The van der Waals surface area contributed by atoms with E-state index in [9.17, 15) is 68.1 Å². The fourth-order valence-corrected chi connectivity index (χ4v) is 15.7. The summed E-state index contributed by atoms with van der Waals surface area (Å²) in [5, 5.41) is 56.3. The van der Waals surface area contributed by atoms with Gasteiger partial charge in [0, 0.05) is 80.0 Å². The number of likely N-dealkylation sites (tertiary alicyclic amines) is 2. The van der Waals surface area contributed by atoms with Gasteiger partial charge in [0.1, 0.15) is 48.3 Å². The summed E-state index contributed by atoms with van der Waals surface area (Å²) in [5.41, 5.74) is 22.2. The highest BCUT2D eigenvalue weighted by atomic mass is 32.1. The van der Waals surface area contributed by atoms with Gasteiger partial charge in [0.2, 0.25) is 59.1 Å². The van der Waals surface area contributed by atoms with Gasteiger partial charge in [0.15, 0.2) is 11.9 Å². The average molecular weight is 1370 g/mol. The van der Waals surface area contributed by atoms with E-state index in [1.807, 2.05) is 0 Å². The van der Waals surface area contributed by atoms with Gasteiger partial charge in [-0.15, -0.1) is 22.7 Å². The SMILES string of the molecule is NC(N)=NCCC[C@H](NC(=O)[C@H](Cc1cccs1)NC(=O)[C@@H](Cc1ccccc1)NC(=O)[C@H](CO)NC(=O)[C@H](Cc1cccs1)NC(=O)CNC(=O)[C@@H]1CC(O)CN1C(=O)[C@@H]1CCCN1C(=O)[C@H](CCCN=C(N)N)NC(=O)CCC(=O)NC12CC3CC(CC(C3)C1)C2)C(=O)O. The van der Waals surface area contributed by atoms with Crippen molar-refractivity contribution in [2.45, 2.75) is 176 Å². The number of guanidine groups is 2. The van der Waals surface area contributed by atoms with Crippen molar-refractivity contribution >= 4 is 99.6 Å². The number of carboxylic acid groups (broad SMARTS) is 1. The van der Waals surface area contributed by atoms with Crippen molar-refractivity contribution in [1.82, 2.24) is 52.3 Å². The highest BCUT2D eigenvalue weighted by molar-refractivity contribution is 7.10. The lowest BCUT2D eigenvalue weighted by Crippen LogP contribution is -2.60. The van der Waals surface area contributed by atoms with Gasteiger partial charge in [0.05, 0.1) is 19.3 Å². The Morgan fingerprint density at radius 2 is 1.09 bits per heavy atom. The molecule has 30 nitrogen and oxygen atoms in total. The van der Waals surface area contributed by atoms with Crippen molar-refractivity contribution in [1.29, 1.82) is 0 Å². The number of aliphatic carboxylic acids is 1. The van der Waals surface area contributed by atoms with Crippen LogP contribution in [-0.2, 0) is 72.0 Å². The van der Waals surface area contributed by atoms with Crippen LogP contribution in [0.1, 0.15) is 112 Å². The van der Waals surface area contributed by atoms with Crippen molar-refractivity contribution in [3.63, 3.8) is 0 Å². The number of nitrogens with two attached hydrogens (primary N) is 4. The smallest absolute Gasteiger partial charge is 0.326 e. The molecule has 3 aromatic rings. The molecule has 4 bridgehead atoms. The Hall–Kier alpha value is -8.75. The maximum atomic E-state index is 14.5. The second kappa shape index (κ2) is 34.8. The van der Waals surface area contributed by atoms with Crippen LogP contribution in [0, 0.1) is 17.8 Å². The van der Waals surface area contributed by atoms with E-state index in [1.54, 1.807) is 65.4 Å². The van der Waals surface area contributed by atoms with Crippen molar-refractivity contribution in [2.75, 3.05) is 39.3 Å². The van der Waals surface area contributed by atoms with Crippen molar-refractivity contribution in [3.8, 4) is 0 Å². The molecular formula is C64H90N16O14S2. The van der Waals surface area contributed by atoms with Crippen LogP contribution in [0.5, 0.6) is 0 Å². The maximum Gasteiger partial charge on any atom is 0.326 e. The third kappa shape index (κ3) is 21.1. The summed E-state index contributed by atoms with van der Waals surface area (Å²) < 4.78 is 0. The minimum absolute atomic E-state index is 0.0561. The Labute approximate surface area is 563 Å². The molecule has 522 valence electrons. The van der Waals surface area contributed by atoms with Gasteiger partial charge >= 0.3 is 5.97 Å². The zero-order chi connectivity index (χ0) is 69.1. The Bertz CT molecular complexity index is 3240. The number of aliphatic hydroxyl groups is 2. The number of nitrogens with one attached hydrogen (secondary N) is 8. The predicted octanol–water partition coefficient (Wildman–Crippen LogP) is -2.14. The topological polar surface area (TPSA) is 480 Å². The largest absolute Gasteiger partial charge is 0.480 e. The number of carbonyl (C=O) groups is 11. The normalized spacial score (nSPS) is 22.6. The third-order valence-corrected chi connectivity index (χ3v) is 20.1. The number of benzene rings is 1. The molecule has 2 saturated heterocycles. The molecule has 0 spiro atoms. The van der Waals surface area contributed by atoms with E-state index in [-0.39, 0.29) is 120 Å². The fraction of sp³-hybridized carbons (Fsp3) is 0.578. The highest BCUT2D eigenvalue weighted by Crippen LogP contribution is 2.55. The summed E-state index contributed by atoms with van der Waals surface area (Å²) in [6.45, 7) is -1.64. The van der Waals surface area contributed by atoms with Gasteiger partial charge in [-0.2, -0.15) is 0 Å². The van der Waals surface area contributed by atoms with Crippen LogP contribution < -0.4 is 65.5 Å². The molecule has 9 rings (SSSR count). The number of amides is 10. The lowest BCUT2D eigenvalue weighted by Gasteiger charge is -2.56. The highest BCUT2D eigenvalue weighted by Gasteiger charge is 2.52. The molecule has 4 aliphatic carbocycles. The second-order valence-corrected chi connectivity index (χ2v) is 27.8. The van der Waals surface area contributed by atoms with E-state index in [1.165, 1.54) is 46.8 Å². The minimum Gasteiger partial charge on any atom is -0.480 e. The number of nitrogens with zero attached hydrogens (tertiary/aromatic N) is 4. The first kappa shape index (κ1) is 73.1. The summed E-state index contributed by atoms with van der Waals surface area (Å²) in [7, 11) is 0. The zero-order valence-corrected chi connectivity index (χ0v) is 55.1. The molecule has 10 amide bonds. The van der Waals surface area contributed by atoms with Crippen LogP contribution in [0.25, 0.3) is 0 Å². The Kier molecular flexibility index (Phi) is 26.5. The van der Waals surface area contributed by atoms with Gasteiger partial charge in [-0.3, -0.25) is 57.9 Å². The molecule has 2 aromatic heterocycles. The van der Waals surface area contributed by atoms with Crippen LogP contribution in [0.3, 0.4) is 0 Å². The molecule has 2 aliphatic heterocycles. The van der Waals surface area contributed by atoms with Crippen LogP contribution in [-0.4, -0.2) is 201 Å². The molecule has 19 N–H and O–H groups in total. The predicted molar refractivity (Wildman–Crippen MR) is 354 cm³/mol. The van der Waals surface area contributed by atoms with Gasteiger partial charge in [0.25, 0.3) is 0 Å². The van der Waals surface area contributed by atoms with E-state index >= 15 is 0 Å². The van der Waals surface area contributed by atoms with Crippen LogP contribution in [0.15, 0.2) is 75.3 Å². The number of carboxylic acids is 1. The number of hydrogen-bond acceptors (Lipinski definition) is 17. The molecule has 6 aliphatic rings. The van der Waals surface area contributed by atoms with E-state index in [0.717, 1.165) is 24.2 Å². The molecule has 1 unspecified atom stereocenters. The van der Waals surface area contributed by atoms with Gasteiger partial charge < -0.3 is 90.6 Å². The molecule has 0 radical (unpaired) electrons. The monoisotopic (exact) mass is 1370 g/mol. The van der Waals surface area contributed by atoms with E-state index in [0.29, 0.717) is 39.5 Å². The minimum atomic E-state index is -1.73. The van der Waals surface area contributed by atoms with E-state index in [4.69, 9.17) is 22.9 Å². The van der Waals surface area contributed by atoms with Crippen molar-refractivity contribution in [2.24, 2.45) is 50.7 Å². The summed E-state index contributed by atoms with van der Waals surface area (Å²) in [4.78, 5) is 164. The Morgan fingerprint density at radius 3 is 1.64 bits per heavy atom. The number of thiophene rings is 2. The van der Waals surface area contributed by atoms with Crippen molar-refractivity contribution < 1.29 is 68.1 Å². The second-order valence-electron chi connectivity index (χ2n) is 25.7. The quantitative estimate of drug-likeness (QED) is 0.0170. The fourth-order valence-electron chi connectivity index (χ4n) is 14.2. The molecule has 4 heterocycles. The number of aliphatic hydroxyl groups excluding tert-OH is 2. The zero-order valence-electron chi connectivity index (χ0n) is 53.5. The van der Waals surface area contributed by atoms with Crippen LogP contribution in [0.4, 0.5) is 0 Å². The molecule has 6 fully saturated rings. The lowest BCUT2D eigenvalue weighted by molar-refractivity contribution is -0.148. The summed E-state index contributed by atoms with van der Waals surface area (Å²) in [5.74, 6) is -7.22. The first-order chi connectivity index (χ1) is 45.9.